The minimum atomic E-state index is -0.582. The minimum absolute atomic E-state index is 0.0473. The molecule has 5 rings (SSSR count). The van der Waals surface area contributed by atoms with Crippen molar-refractivity contribution in [2.24, 2.45) is 0 Å². The molecule has 9 nitrogen and oxygen atoms in total. The van der Waals surface area contributed by atoms with Gasteiger partial charge in [-0.05, 0) is 42.0 Å². The highest BCUT2D eigenvalue weighted by atomic mass is 32.1. The Morgan fingerprint density at radius 3 is 2.88 bits per heavy atom. The van der Waals surface area contributed by atoms with Crippen LogP contribution >= 0.6 is 11.3 Å². The fourth-order valence-electron chi connectivity index (χ4n) is 4.17. The van der Waals surface area contributed by atoms with Crippen LogP contribution < -0.4 is 16.0 Å². The zero-order chi connectivity index (χ0) is 22.9. The number of nitrogens with zero attached hydrogens (tertiary/aromatic N) is 2. The zero-order valence-corrected chi connectivity index (χ0v) is 18.3. The molecule has 1 aromatic heterocycles. The number of morpholine rings is 1. The summed E-state index contributed by atoms with van der Waals surface area (Å²) in [6.45, 7) is 1.28. The Morgan fingerprint density at radius 1 is 1.27 bits per heavy atom. The van der Waals surface area contributed by atoms with Crippen molar-refractivity contribution in [1.29, 1.82) is 0 Å². The van der Waals surface area contributed by atoms with Crippen molar-refractivity contribution in [3.05, 3.63) is 53.8 Å². The molecule has 0 radical (unpaired) electrons. The molecule has 33 heavy (non-hydrogen) atoms. The number of ether oxygens (including phenoxy) is 1. The molecule has 3 atom stereocenters. The van der Waals surface area contributed by atoms with E-state index < -0.39 is 12.1 Å². The largest absolute Gasteiger partial charge is 0.395 e. The molecule has 172 valence electrons. The highest BCUT2D eigenvalue weighted by Gasteiger charge is 2.43. The van der Waals surface area contributed by atoms with Gasteiger partial charge in [-0.15, -0.1) is 0 Å². The lowest BCUT2D eigenvalue weighted by Gasteiger charge is -2.46. The van der Waals surface area contributed by atoms with Crippen LogP contribution in [0, 0.1) is 5.82 Å². The number of aliphatic hydroxyl groups is 1. The van der Waals surface area contributed by atoms with Gasteiger partial charge in [-0.2, -0.15) is 0 Å². The van der Waals surface area contributed by atoms with E-state index in [-0.39, 0.29) is 30.4 Å². The van der Waals surface area contributed by atoms with Crippen LogP contribution in [0.1, 0.15) is 11.6 Å². The summed E-state index contributed by atoms with van der Waals surface area (Å²) in [6, 6.07) is 9.42. The van der Waals surface area contributed by atoms with Crippen LogP contribution in [0.3, 0.4) is 0 Å². The van der Waals surface area contributed by atoms with E-state index in [0.717, 1.165) is 10.3 Å². The quantitative estimate of drug-likeness (QED) is 0.464. The number of thiazole rings is 1. The number of hydrogen-bond acceptors (Lipinski definition) is 7. The van der Waals surface area contributed by atoms with Gasteiger partial charge in [-0.3, -0.25) is 15.4 Å². The maximum absolute atomic E-state index is 13.1. The maximum Gasteiger partial charge on any atom is 0.325 e. The van der Waals surface area contributed by atoms with Crippen LogP contribution in [0.2, 0.25) is 0 Å². The third-order valence-electron chi connectivity index (χ3n) is 5.81. The molecule has 3 heterocycles. The van der Waals surface area contributed by atoms with Crippen LogP contribution in [-0.4, -0.2) is 65.4 Å². The van der Waals surface area contributed by atoms with Gasteiger partial charge in [0.2, 0.25) is 5.91 Å². The van der Waals surface area contributed by atoms with Gasteiger partial charge in [-0.25, -0.2) is 14.2 Å². The van der Waals surface area contributed by atoms with E-state index in [0.29, 0.717) is 36.1 Å². The molecule has 0 spiro atoms. The Bertz CT molecular complexity index is 1190. The van der Waals surface area contributed by atoms with Crippen molar-refractivity contribution in [2.45, 2.75) is 18.1 Å². The van der Waals surface area contributed by atoms with Gasteiger partial charge in [0.05, 0.1) is 42.1 Å². The van der Waals surface area contributed by atoms with Crippen molar-refractivity contribution in [2.75, 3.05) is 37.0 Å². The monoisotopic (exact) mass is 471 g/mol. The maximum atomic E-state index is 13.1. The molecular formula is C22H22FN5O4S. The number of benzene rings is 2. The van der Waals surface area contributed by atoms with Crippen LogP contribution in [-0.2, 0) is 9.53 Å². The van der Waals surface area contributed by atoms with Gasteiger partial charge in [0.1, 0.15) is 11.9 Å². The molecule has 3 unspecified atom stereocenters. The summed E-state index contributed by atoms with van der Waals surface area (Å²) >= 11 is 1.28. The lowest BCUT2D eigenvalue weighted by molar-refractivity contribution is -0.150. The number of carbonyl (C=O) groups excluding carboxylic acids is 2. The highest BCUT2D eigenvalue weighted by molar-refractivity contribution is 7.22. The smallest absolute Gasteiger partial charge is 0.325 e. The predicted octanol–water partition coefficient (Wildman–Crippen LogP) is 2.31. The second kappa shape index (κ2) is 9.02. The lowest BCUT2D eigenvalue weighted by Crippen LogP contribution is -2.66. The Kier molecular flexibility index (Phi) is 5.94. The van der Waals surface area contributed by atoms with E-state index >= 15 is 0 Å². The number of aliphatic hydroxyl groups excluding tert-OH is 1. The van der Waals surface area contributed by atoms with Gasteiger partial charge in [0.25, 0.3) is 0 Å². The number of rotatable bonds is 4. The summed E-state index contributed by atoms with van der Waals surface area (Å²) < 4.78 is 19.3. The van der Waals surface area contributed by atoms with Crippen molar-refractivity contribution in [1.82, 2.24) is 15.2 Å². The van der Waals surface area contributed by atoms with E-state index in [1.54, 1.807) is 11.0 Å². The van der Waals surface area contributed by atoms with Crippen molar-refractivity contribution >= 4 is 44.3 Å². The number of urea groups is 1. The molecule has 11 heteroatoms. The number of amides is 3. The second-order valence-electron chi connectivity index (χ2n) is 7.89. The first-order chi connectivity index (χ1) is 16.0. The average molecular weight is 472 g/mol. The van der Waals surface area contributed by atoms with E-state index in [4.69, 9.17) is 4.74 Å². The first-order valence-corrected chi connectivity index (χ1v) is 11.3. The van der Waals surface area contributed by atoms with Crippen LogP contribution in [0.25, 0.3) is 10.2 Å². The molecule has 2 aliphatic rings. The third kappa shape index (κ3) is 4.40. The summed E-state index contributed by atoms with van der Waals surface area (Å²) in [5, 5.41) is 18.8. The summed E-state index contributed by atoms with van der Waals surface area (Å²) in [5.74, 6) is -0.433. The van der Waals surface area contributed by atoms with Gasteiger partial charge in [-0.1, -0.05) is 17.4 Å². The van der Waals surface area contributed by atoms with E-state index in [1.807, 2.05) is 12.1 Å². The first-order valence-electron chi connectivity index (χ1n) is 10.5. The number of anilines is 2. The van der Waals surface area contributed by atoms with E-state index in [2.05, 4.69) is 20.9 Å². The molecule has 3 amide bonds. The topological polar surface area (TPSA) is 116 Å². The molecule has 3 aromatic rings. The highest BCUT2D eigenvalue weighted by Crippen LogP contribution is 2.32. The summed E-state index contributed by atoms with van der Waals surface area (Å²) in [6.07, 6.45) is 0. The van der Waals surface area contributed by atoms with E-state index in [1.165, 1.54) is 35.6 Å². The predicted molar refractivity (Wildman–Crippen MR) is 122 cm³/mol. The van der Waals surface area contributed by atoms with Crippen LogP contribution in [0.15, 0.2) is 42.5 Å². The lowest BCUT2D eigenvalue weighted by atomic mass is 9.95. The Morgan fingerprint density at radius 2 is 2.09 bits per heavy atom. The fourth-order valence-corrected chi connectivity index (χ4v) is 5.08. The van der Waals surface area contributed by atoms with Gasteiger partial charge in [0, 0.05) is 12.2 Å². The third-order valence-corrected chi connectivity index (χ3v) is 6.74. The number of piperazine rings is 1. The number of aromatic nitrogens is 1. The van der Waals surface area contributed by atoms with Crippen molar-refractivity contribution in [3.8, 4) is 0 Å². The van der Waals surface area contributed by atoms with Crippen molar-refractivity contribution < 1.29 is 23.8 Å². The first kappa shape index (κ1) is 21.7. The Labute approximate surface area is 192 Å². The molecule has 2 fully saturated rings. The van der Waals surface area contributed by atoms with E-state index in [9.17, 15) is 19.1 Å². The average Bonchev–Trinajstić information content (AvgIpc) is 3.22. The molecular weight excluding hydrogens is 449 g/mol. The standard InChI is InChI=1S/C22H22FN5O4S/c23-13-2-4-14(5-3-13)24-21(31)27-22-26-15-6-1-12(9-18(15)33-22)19-20(30)28-7-8-32-11-17(28)16(10-29)25-19/h1-6,9,16-17,19,25,29H,7-8,10-11H2,(H2,24,26,27,31). The second-order valence-corrected chi connectivity index (χ2v) is 8.93. The van der Waals surface area contributed by atoms with Gasteiger partial charge < -0.3 is 20.1 Å². The molecule has 0 bridgehead atoms. The zero-order valence-electron chi connectivity index (χ0n) is 17.5. The molecule has 2 saturated heterocycles. The molecule has 4 N–H and O–H groups in total. The number of nitrogens with one attached hydrogen (secondary N) is 3. The number of hydrogen-bond donors (Lipinski definition) is 4. The van der Waals surface area contributed by atoms with Gasteiger partial charge >= 0.3 is 6.03 Å². The number of halogens is 1. The normalized spacial score (nSPS) is 22.8. The molecule has 2 aromatic carbocycles. The van der Waals surface area contributed by atoms with Gasteiger partial charge in [0.15, 0.2) is 5.13 Å². The Balaban J connectivity index is 1.33. The molecule has 2 aliphatic heterocycles. The summed E-state index contributed by atoms with van der Waals surface area (Å²) in [4.78, 5) is 31.6. The molecule has 0 saturated carbocycles. The summed E-state index contributed by atoms with van der Waals surface area (Å²) in [5.41, 5.74) is 1.91. The van der Waals surface area contributed by atoms with Crippen molar-refractivity contribution in [3.63, 3.8) is 0 Å². The fraction of sp³-hybridized carbons (Fsp3) is 0.318. The number of fused-ring (bicyclic) bond motifs is 2. The minimum Gasteiger partial charge on any atom is -0.395 e. The number of carbonyl (C=O) groups is 2. The summed E-state index contributed by atoms with van der Waals surface area (Å²) in [7, 11) is 0. The van der Waals surface area contributed by atoms with Crippen LogP contribution in [0.5, 0.6) is 0 Å². The molecule has 0 aliphatic carbocycles. The SMILES string of the molecule is O=C(Nc1ccc(F)cc1)Nc1nc2ccc(C3NC(CO)C4COCCN4C3=O)cc2s1. The Hall–Kier alpha value is -3.12. The van der Waals surface area contributed by atoms with Crippen LogP contribution in [0.4, 0.5) is 20.0 Å².